The van der Waals surface area contributed by atoms with E-state index < -0.39 is 5.82 Å². The maximum atomic E-state index is 15.6. The van der Waals surface area contributed by atoms with Crippen LogP contribution in [0.25, 0.3) is 11.3 Å². The third-order valence-corrected chi connectivity index (χ3v) is 7.33. The van der Waals surface area contributed by atoms with Gasteiger partial charge >= 0.3 is 0 Å². The lowest BCUT2D eigenvalue weighted by molar-refractivity contribution is 0.0663. The Kier molecular flexibility index (Phi) is 6.50. The summed E-state index contributed by atoms with van der Waals surface area (Å²) in [6.45, 7) is 5.91. The summed E-state index contributed by atoms with van der Waals surface area (Å²) in [6, 6.07) is 4.72. The third kappa shape index (κ3) is 4.61. The maximum absolute atomic E-state index is 15.6. The van der Waals surface area contributed by atoms with E-state index in [0.29, 0.717) is 81.1 Å². The molecular formula is C26H30FN9O2. The number of piperazine rings is 1. The zero-order valence-electron chi connectivity index (χ0n) is 21.3. The smallest absolute Gasteiger partial charge is 0.254 e. The van der Waals surface area contributed by atoms with Crippen LogP contribution in [0.5, 0.6) is 0 Å². The lowest BCUT2D eigenvalue weighted by atomic mass is 10.1. The second kappa shape index (κ2) is 10.1. The zero-order valence-corrected chi connectivity index (χ0v) is 21.3. The minimum absolute atomic E-state index is 0.145. The Balaban J connectivity index is 1.35. The molecule has 2 saturated heterocycles. The number of nitrogens with two attached hydrogens (primary N) is 1. The summed E-state index contributed by atoms with van der Waals surface area (Å²) in [7, 11) is 2.03. The number of carbonyl (C=O) groups is 1. The molecule has 3 aliphatic heterocycles. The Morgan fingerprint density at radius 1 is 1.00 bits per heavy atom. The first-order valence-corrected chi connectivity index (χ1v) is 12.8. The van der Waals surface area contributed by atoms with Gasteiger partial charge in [0.25, 0.3) is 5.91 Å². The van der Waals surface area contributed by atoms with Crippen LogP contribution in [0.1, 0.15) is 15.9 Å². The fraction of sp³-hybridized carbons (Fsp3) is 0.423. The Hall–Kier alpha value is -3.90. The van der Waals surface area contributed by atoms with Crippen LogP contribution in [0.3, 0.4) is 0 Å². The molecule has 1 amide bonds. The fourth-order valence-electron chi connectivity index (χ4n) is 5.13. The molecule has 2 fully saturated rings. The van der Waals surface area contributed by atoms with Crippen molar-refractivity contribution in [1.82, 2.24) is 29.7 Å². The Bertz CT molecular complexity index is 1340. The van der Waals surface area contributed by atoms with E-state index in [-0.39, 0.29) is 11.9 Å². The third-order valence-electron chi connectivity index (χ3n) is 7.33. The van der Waals surface area contributed by atoms with Crippen LogP contribution in [-0.2, 0) is 11.2 Å². The number of morpholine rings is 1. The molecule has 12 heteroatoms. The molecule has 11 nitrogen and oxygen atoms in total. The average Bonchev–Trinajstić information content (AvgIpc) is 3.37. The molecule has 0 spiro atoms. The highest BCUT2D eigenvalue weighted by Gasteiger charge is 2.31. The molecule has 198 valence electrons. The predicted octanol–water partition coefficient (Wildman–Crippen LogP) is 1.57. The molecule has 38 heavy (non-hydrogen) atoms. The quantitative estimate of drug-likeness (QED) is 0.544. The number of halogens is 1. The van der Waals surface area contributed by atoms with Crippen LogP contribution in [-0.4, -0.2) is 102 Å². The molecular weight excluding hydrogens is 489 g/mol. The Morgan fingerprint density at radius 3 is 2.45 bits per heavy atom. The summed E-state index contributed by atoms with van der Waals surface area (Å²) >= 11 is 0. The molecule has 5 heterocycles. The number of likely N-dealkylation sites (N-methyl/N-ethyl adjacent to an activating group) is 1. The van der Waals surface area contributed by atoms with Gasteiger partial charge in [-0.25, -0.2) is 19.3 Å². The molecule has 0 aliphatic carbocycles. The molecule has 3 aliphatic rings. The number of hydrogen-bond acceptors (Lipinski definition) is 10. The van der Waals surface area contributed by atoms with Crippen molar-refractivity contribution in [2.24, 2.45) is 0 Å². The number of aromatic nitrogens is 4. The fourth-order valence-corrected chi connectivity index (χ4v) is 5.13. The minimum atomic E-state index is -0.457. The van der Waals surface area contributed by atoms with Crippen molar-refractivity contribution < 1.29 is 13.9 Å². The van der Waals surface area contributed by atoms with Gasteiger partial charge in [-0.3, -0.25) is 4.79 Å². The van der Waals surface area contributed by atoms with Crippen LogP contribution >= 0.6 is 0 Å². The molecule has 2 N–H and O–H groups in total. The first kappa shape index (κ1) is 24.4. The predicted molar refractivity (Wildman–Crippen MR) is 141 cm³/mol. The molecule has 1 aromatic carbocycles. The number of nitrogen functional groups attached to an aromatic ring is 1. The van der Waals surface area contributed by atoms with Crippen molar-refractivity contribution in [1.29, 1.82) is 0 Å². The minimum Gasteiger partial charge on any atom is -0.378 e. The van der Waals surface area contributed by atoms with Crippen LogP contribution < -0.4 is 15.5 Å². The molecule has 0 unspecified atom stereocenters. The van der Waals surface area contributed by atoms with Gasteiger partial charge in [-0.05, 0) is 31.7 Å². The van der Waals surface area contributed by atoms with Gasteiger partial charge in [0.15, 0.2) is 0 Å². The van der Waals surface area contributed by atoms with E-state index in [9.17, 15) is 4.79 Å². The van der Waals surface area contributed by atoms with Gasteiger partial charge in [-0.2, -0.15) is 4.98 Å². The SMILES string of the molecule is CN1CCN(C(=O)c2ccc(N3CCc4c(-c5cnc(N)nc5)nc(N5CCOCC5)nc43)c(F)c2)CC1. The Labute approximate surface area is 220 Å². The summed E-state index contributed by atoms with van der Waals surface area (Å²) in [5, 5.41) is 0. The van der Waals surface area contributed by atoms with E-state index in [0.717, 1.165) is 24.2 Å². The lowest BCUT2D eigenvalue weighted by Crippen LogP contribution is -2.47. The molecule has 2 aromatic heterocycles. The van der Waals surface area contributed by atoms with Gasteiger partial charge in [0.05, 0.1) is 24.6 Å². The van der Waals surface area contributed by atoms with Gasteiger partial charge < -0.3 is 30.1 Å². The molecule has 0 bridgehead atoms. The van der Waals surface area contributed by atoms with Crippen molar-refractivity contribution in [2.45, 2.75) is 6.42 Å². The van der Waals surface area contributed by atoms with Gasteiger partial charge in [-0.15, -0.1) is 0 Å². The van der Waals surface area contributed by atoms with Crippen molar-refractivity contribution in [3.05, 3.63) is 47.5 Å². The molecule has 0 atom stereocenters. The standard InChI is InChI=1S/C26H30FN9O2/c1-33-6-8-34(9-7-33)24(37)17-2-3-21(20(27)14-17)36-5-4-19-22(18-15-29-25(28)30-16-18)31-26(32-23(19)36)35-10-12-38-13-11-35/h2-3,14-16H,4-13H2,1H3,(H2,28,29,30). The zero-order chi connectivity index (χ0) is 26.2. The average molecular weight is 520 g/mol. The van der Waals surface area contributed by atoms with Crippen LogP contribution in [0, 0.1) is 5.82 Å². The van der Waals surface area contributed by atoms with Crippen molar-refractivity contribution in [3.8, 4) is 11.3 Å². The largest absolute Gasteiger partial charge is 0.378 e. The molecule has 0 radical (unpaired) electrons. The summed E-state index contributed by atoms with van der Waals surface area (Å²) in [5.74, 6) is 0.774. The monoisotopic (exact) mass is 519 g/mol. The van der Waals surface area contributed by atoms with E-state index in [2.05, 4.69) is 19.8 Å². The van der Waals surface area contributed by atoms with Crippen LogP contribution in [0.4, 0.5) is 27.8 Å². The second-order valence-electron chi connectivity index (χ2n) is 9.77. The summed E-state index contributed by atoms with van der Waals surface area (Å²) < 4.78 is 21.1. The summed E-state index contributed by atoms with van der Waals surface area (Å²) in [4.78, 5) is 38.9. The van der Waals surface area contributed by atoms with E-state index in [1.165, 1.54) is 6.07 Å². The number of anilines is 4. The summed E-state index contributed by atoms with van der Waals surface area (Å²) in [6.07, 6.45) is 3.92. The number of nitrogens with zero attached hydrogens (tertiary/aromatic N) is 8. The van der Waals surface area contributed by atoms with Crippen LogP contribution in [0.2, 0.25) is 0 Å². The van der Waals surface area contributed by atoms with E-state index in [1.807, 2.05) is 11.9 Å². The number of carbonyl (C=O) groups excluding carboxylic acids is 1. The number of ether oxygens (including phenoxy) is 1. The van der Waals surface area contributed by atoms with Gasteiger partial charge in [0.1, 0.15) is 11.6 Å². The van der Waals surface area contributed by atoms with E-state index >= 15 is 4.39 Å². The van der Waals surface area contributed by atoms with E-state index in [1.54, 1.807) is 29.4 Å². The summed E-state index contributed by atoms with van der Waals surface area (Å²) in [5.41, 5.74) is 8.77. The normalized spacial score (nSPS) is 18.1. The van der Waals surface area contributed by atoms with Gasteiger partial charge in [-0.1, -0.05) is 0 Å². The molecule has 3 aromatic rings. The first-order valence-electron chi connectivity index (χ1n) is 12.8. The highest BCUT2D eigenvalue weighted by Crippen LogP contribution is 2.40. The number of rotatable bonds is 4. The lowest BCUT2D eigenvalue weighted by Gasteiger charge is -2.32. The van der Waals surface area contributed by atoms with Gasteiger partial charge in [0, 0.05) is 74.9 Å². The molecule has 6 rings (SSSR count). The highest BCUT2D eigenvalue weighted by molar-refractivity contribution is 5.95. The topological polar surface area (TPSA) is 117 Å². The van der Waals surface area contributed by atoms with Gasteiger partial charge in [0.2, 0.25) is 11.9 Å². The highest BCUT2D eigenvalue weighted by atomic mass is 19.1. The van der Waals surface area contributed by atoms with Crippen molar-refractivity contribution >= 4 is 29.3 Å². The second-order valence-corrected chi connectivity index (χ2v) is 9.77. The van der Waals surface area contributed by atoms with Crippen molar-refractivity contribution in [3.63, 3.8) is 0 Å². The maximum Gasteiger partial charge on any atom is 0.254 e. The van der Waals surface area contributed by atoms with Crippen molar-refractivity contribution in [2.75, 3.05) is 81.6 Å². The number of hydrogen-bond donors (Lipinski definition) is 1. The number of fused-ring (bicyclic) bond motifs is 1. The number of amides is 1. The van der Waals surface area contributed by atoms with Crippen LogP contribution in [0.15, 0.2) is 30.6 Å². The van der Waals surface area contributed by atoms with E-state index in [4.69, 9.17) is 20.4 Å². The Morgan fingerprint density at radius 2 is 1.74 bits per heavy atom. The first-order chi connectivity index (χ1) is 18.5. The molecule has 0 saturated carbocycles. The number of benzene rings is 1.